The van der Waals surface area contributed by atoms with Gasteiger partial charge in [0.05, 0.1) is 6.04 Å². The first-order valence-electron chi connectivity index (χ1n) is 12.1. The summed E-state index contributed by atoms with van der Waals surface area (Å²) in [4.78, 5) is 29.2. The molecule has 0 saturated heterocycles. The fourth-order valence-electron chi connectivity index (χ4n) is 5.51. The standard InChI is InChI=1S/C27H32N2O5/c1-18-21-14-23-24(33-12-11-32-23)15-22(21)27(9-4-5-10-27)17-29(18)26(31)19-7-6-8-20(13-19)34-16-25(30)28(2)3/h6-8,13-15,18H,4-5,9-12,16-17H2,1-3H3. The minimum absolute atomic E-state index is 0.0244. The van der Waals surface area contributed by atoms with E-state index in [0.717, 1.165) is 42.7 Å². The average Bonchev–Trinajstić information content (AvgIpc) is 3.33. The highest BCUT2D eigenvalue weighted by Gasteiger charge is 2.46. The van der Waals surface area contributed by atoms with Gasteiger partial charge < -0.3 is 24.0 Å². The summed E-state index contributed by atoms with van der Waals surface area (Å²) in [6.07, 6.45) is 4.44. The first-order valence-corrected chi connectivity index (χ1v) is 12.1. The average molecular weight is 465 g/mol. The molecule has 180 valence electrons. The van der Waals surface area contributed by atoms with Crippen molar-refractivity contribution in [2.75, 3.05) is 40.5 Å². The van der Waals surface area contributed by atoms with Crippen LogP contribution >= 0.6 is 0 Å². The van der Waals surface area contributed by atoms with E-state index in [2.05, 4.69) is 19.1 Å². The molecule has 2 aromatic rings. The van der Waals surface area contributed by atoms with Crippen LogP contribution in [0.15, 0.2) is 36.4 Å². The van der Waals surface area contributed by atoms with E-state index >= 15 is 0 Å². The normalized spacial score (nSPS) is 20.1. The molecule has 1 spiro atoms. The Kier molecular flexibility index (Phi) is 5.88. The molecule has 2 aliphatic heterocycles. The number of carbonyl (C=O) groups excluding carboxylic acids is 2. The van der Waals surface area contributed by atoms with E-state index in [1.807, 2.05) is 11.0 Å². The molecule has 2 aromatic carbocycles. The summed E-state index contributed by atoms with van der Waals surface area (Å²) in [6, 6.07) is 11.3. The van der Waals surface area contributed by atoms with Crippen LogP contribution in [-0.4, -0.2) is 62.1 Å². The first kappa shape index (κ1) is 22.6. The molecule has 1 fully saturated rings. The topological polar surface area (TPSA) is 68.3 Å². The maximum atomic E-state index is 13.8. The van der Waals surface area contributed by atoms with E-state index in [-0.39, 0.29) is 29.9 Å². The minimum atomic E-state index is -0.129. The van der Waals surface area contributed by atoms with Crippen molar-refractivity contribution in [1.82, 2.24) is 9.80 Å². The lowest BCUT2D eigenvalue weighted by Gasteiger charge is -2.46. The van der Waals surface area contributed by atoms with Crippen molar-refractivity contribution >= 4 is 11.8 Å². The third kappa shape index (κ3) is 3.97. The second kappa shape index (κ2) is 8.85. The van der Waals surface area contributed by atoms with E-state index < -0.39 is 0 Å². The molecule has 1 aliphatic carbocycles. The summed E-state index contributed by atoms with van der Waals surface area (Å²) >= 11 is 0. The molecule has 3 aliphatic rings. The van der Waals surface area contributed by atoms with E-state index in [1.54, 1.807) is 32.3 Å². The van der Waals surface area contributed by atoms with Crippen molar-refractivity contribution in [2.45, 2.75) is 44.1 Å². The van der Waals surface area contributed by atoms with Crippen LogP contribution in [0.3, 0.4) is 0 Å². The van der Waals surface area contributed by atoms with Gasteiger partial charge in [-0.2, -0.15) is 0 Å². The van der Waals surface area contributed by atoms with Gasteiger partial charge in [0.15, 0.2) is 18.1 Å². The number of rotatable bonds is 4. The first-order chi connectivity index (χ1) is 16.4. The number of nitrogens with zero attached hydrogens (tertiary/aromatic N) is 2. The summed E-state index contributed by atoms with van der Waals surface area (Å²) in [5.41, 5.74) is 2.97. The number of hydrogen-bond donors (Lipinski definition) is 0. The van der Waals surface area contributed by atoms with Gasteiger partial charge >= 0.3 is 0 Å². The zero-order chi connectivity index (χ0) is 23.9. The fourth-order valence-corrected chi connectivity index (χ4v) is 5.51. The molecule has 1 atom stereocenters. The van der Waals surface area contributed by atoms with Gasteiger partial charge in [0, 0.05) is 31.6 Å². The predicted molar refractivity (Wildman–Crippen MR) is 128 cm³/mol. The van der Waals surface area contributed by atoms with Gasteiger partial charge in [-0.3, -0.25) is 9.59 Å². The van der Waals surface area contributed by atoms with Crippen LogP contribution in [0.4, 0.5) is 0 Å². The van der Waals surface area contributed by atoms with Gasteiger partial charge in [0.1, 0.15) is 19.0 Å². The van der Waals surface area contributed by atoms with Crippen LogP contribution in [0.25, 0.3) is 0 Å². The fraction of sp³-hybridized carbons (Fsp3) is 0.481. The van der Waals surface area contributed by atoms with Crippen LogP contribution < -0.4 is 14.2 Å². The van der Waals surface area contributed by atoms with E-state index in [1.165, 1.54) is 10.5 Å². The Balaban J connectivity index is 1.45. The Morgan fingerprint density at radius 2 is 1.79 bits per heavy atom. The quantitative estimate of drug-likeness (QED) is 0.685. The number of carbonyl (C=O) groups is 2. The summed E-state index contributed by atoms with van der Waals surface area (Å²) in [5, 5.41) is 0. The lowest BCUT2D eigenvalue weighted by atomic mass is 9.71. The van der Waals surface area contributed by atoms with Gasteiger partial charge in [0.25, 0.3) is 11.8 Å². The number of benzene rings is 2. The van der Waals surface area contributed by atoms with Crippen LogP contribution in [-0.2, 0) is 10.2 Å². The Morgan fingerprint density at radius 3 is 2.50 bits per heavy atom. The van der Waals surface area contributed by atoms with E-state index in [0.29, 0.717) is 31.1 Å². The molecule has 2 amide bonds. The van der Waals surface area contributed by atoms with Gasteiger partial charge in [-0.05, 0) is 61.2 Å². The van der Waals surface area contributed by atoms with Gasteiger partial charge in [-0.25, -0.2) is 0 Å². The third-order valence-corrected chi connectivity index (χ3v) is 7.44. The minimum Gasteiger partial charge on any atom is -0.486 e. The second-order valence-corrected chi connectivity index (χ2v) is 9.78. The van der Waals surface area contributed by atoms with Gasteiger partial charge in [-0.1, -0.05) is 18.9 Å². The molecule has 0 N–H and O–H groups in total. The Morgan fingerprint density at radius 1 is 1.09 bits per heavy atom. The van der Waals surface area contributed by atoms with Crippen molar-refractivity contribution in [3.05, 3.63) is 53.1 Å². The van der Waals surface area contributed by atoms with Gasteiger partial charge in [0.2, 0.25) is 0 Å². The van der Waals surface area contributed by atoms with Crippen molar-refractivity contribution in [3.8, 4) is 17.2 Å². The van der Waals surface area contributed by atoms with Crippen LogP contribution in [0.1, 0.15) is 60.1 Å². The van der Waals surface area contributed by atoms with Crippen LogP contribution in [0.5, 0.6) is 17.2 Å². The molecule has 1 unspecified atom stereocenters. The summed E-state index contributed by atoms with van der Waals surface area (Å²) in [7, 11) is 3.38. The molecule has 1 saturated carbocycles. The molecule has 7 nitrogen and oxygen atoms in total. The van der Waals surface area contributed by atoms with E-state index in [4.69, 9.17) is 14.2 Å². The highest BCUT2D eigenvalue weighted by molar-refractivity contribution is 5.95. The lowest BCUT2D eigenvalue weighted by molar-refractivity contribution is -0.130. The van der Waals surface area contributed by atoms with Gasteiger partial charge in [-0.15, -0.1) is 0 Å². The monoisotopic (exact) mass is 464 g/mol. The predicted octanol–water partition coefficient (Wildman–Crippen LogP) is 3.95. The lowest BCUT2D eigenvalue weighted by Crippen LogP contribution is -2.48. The Labute approximate surface area is 200 Å². The maximum Gasteiger partial charge on any atom is 0.259 e. The second-order valence-electron chi connectivity index (χ2n) is 9.78. The number of likely N-dealkylation sites (N-methyl/N-ethyl adjacent to an activating group) is 1. The third-order valence-electron chi connectivity index (χ3n) is 7.44. The zero-order valence-electron chi connectivity index (χ0n) is 20.1. The number of amides is 2. The Hall–Kier alpha value is -3.22. The molecule has 7 heteroatoms. The number of fused-ring (bicyclic) bond motifs is 3. The molecule has 0 bridgehead atoms. The molecule has 0 aromatic heterocycles. The summed E-state index contributed by atoms with van der Waals surface area (Å²) < 4.78 is 17.4. The molecular weight excluding hydrogens is 432 g/mol. The van der Waals surface area contributed by atoms with Crippen LogP contribution in [0.2, 0.25) is 0 Å². The smallest absolute Gasteiger partial charge is 0.259 e. The SMILES string of the molecule is CC1c2cc3c(cc2C2(CCCC2)CN1C(=O)c1cccc(OCC(=O)N(C)C)c1)OCCO3. The summed E-state index contributed by atoms with van der Waals surface area (Å²) in [6.45, 7) is 3.82. The zero-order valence-corrected chi connectivity index (χ0v) is 20.1. The number of hydrogen-bond acceptors (Lipinski definition) is 5. The Bertz CT molecular complexity index is 1110. The molecule has 5 rings (SSSR count). The largest absolute Gasteiger partial charge is 0.486 e. The van der Waals surface area contributed by atoms with E-state index in [9.17, 15) is 9.59 Å². The molecule has 34 heavy (non-hydrogen) atoms. The molecule has 2 heterocycles. The van der Waals surface area contributed by atoms with Crippen molar-refractivity contribution < 1.29 is 23.8 Å². The molecular formula is C27H32N2O5. The van der Waals surface area contributed by atoms with Crippen molar-refractivity contribution in [1.29, 1.82) is 0 Å². The van der Waals surface area contributed by atoms with Crippen molar-refractivity contribution in [3.63, 3.8) is 0 Å². The molecule has 0 radical (unpaired) electrons. The number of ether oxygens (including phenoxy) is 3. The highest BCUT2D eigenvalue weighted by Crippen LogP contribution is 2.52. The van der Waals surface area contributed by atoms with Crippen molar-refractivity contribution in [2.24, 2.45) is 0 Å². The summed E-state index contributed by atoms with van der Waals surface area (Å²) in [5.74, 6) is 1.95. The van der Waals surface area contributed by atoms with Crippen LogP contribution in [0, 0.1) is 0 Å². The highest BCUT2D eigenvalue weighted by atomic mass is 16.6. The maximum absolute atomic E-state index is 13.8.